The van der Waals surface area contributed by atoms with Crippen LogP contribution in [0.25, 0.3) is 0 Å². The Hall–Kier alpha value is -1.19. The minimum atomic E-state index is -4.19. The largest absolute Gasteiger partial charge is 0.480 e. The molecule has 0 aromatic heterocycles. The van der Waals surface area contributed by atoms with E-state index in [1.807, 2.05) is 0 Å². The van der Waals surface area contributed by atoms with Crippen LogP contribution in [0.5, 0.6) is 0 Å². The fraction of sp³-hybridized carbons (Fsp3) is 0.714. The van der Waals surface area contributed by atoms with E-state index in [9.17, 15) is 18.0 Å². The van der Waals surface area contributed by atoms with Crippen LogP contribution in [0.3, 0.4) is 0 Å². The van der Waals surface area contributed by atoms with Crippen LogP contribution in [0.4, 0.5) is 0 Å². The lowest BCUT2D eigenvalue weighted by Gasteiger charge is -2.15. The smallest absolute Gasteiger partial charge is 0.325 e. The third kappa shape index (κ3) is 3.76. The van der Waals surface area contributed by atoms with Gasteiger partial charge in [-0.05, 0) is 6.92 Å². The summed E-state index contributed by atoms with van der Waals surface area (Å²) in [6.45, 7) is 0.132. The van der Waals surface area contributed by atoms with Gasteiger partial charge < -0.3 is 14.9 Å². The molecule has 0 aliphatic heterocycles. The Labute approximate surface area is 92.3 Å². The van der Waals surface area contributed by atoms with Crippen LogP contribution in [-0.4, -0.2) is 55.6 Å². The molecule has 2 atom stereocenters. The quantitative estimate of drug-likeness (QED) is 0.464. The monoisotopic (exact) mass is 255 g/mol. The van der Waals surface area contributed by atoms with Crippen molar-refractivity contribution in [2.75, 3.05) is 13.7 Å². The minimum absolute atomic E-state index is 0.914. The van der Waals surface area contributed by atoms with Gasteiger partial charge in [-0.2, -0.15) is 4.72 Å². The zero-order valence-corrected chi connectivity index (χ0v) is 9.52. The number of sulfonamides is 1. The lowest BCUT2D eigenvalue weighted by Crippen LogP contribution is -2.48. The molecule has 8 nitrogen and oxygen atoms in total. The Kier molecular flexibility index (Phi) is 5.35. The third-order valence-electron chi connectivity index (χ3n) is 1.79. The van der Waals surface area contributed by atoms with Crippen molar-refractivity contribution >= 4 is 22.0 Å². The van der Waals surface area contributed by atoms with Crippen molar-refractivity contribution in [3.63, 3.8) is 0 Å². The Bertz CT molecular complexity index is 363. The number of carboxylic acids is 1. The summed E-state index contributed by atoms with van der Waals surface area (Å²) >= 11 is 0. The first-order valence-electron chi connectivity index (χ1n) is 4.19. The molecule has 0 aliphatic carbocycles. The van der Waals surface area contributed by atoms with Crippen LogP contribution in [0.2, 0.25) is 0 Å². The first kappa shape index (κ1) is 14.8. The molecule has 0 aliphatic rings. The molecule has 0 radical (unpaired) electrons. The molecule has 0 rings (SSSR count). The highest BCUT2D eigenvalue weighted by Gasteiger charge is 2.32. The van der Waals surface area contributed by atoms with Crippen molar-refractivity contribution in [1.29, 1.82) is 0 Å². The maximum Gasteiger partial charge on any atom is 0.325 e. The summed E-state index contributed by atoms with van der Waals surface area (Å²) in [6.07, 6.45) is 0. The predicted octanol–water partition coefficient (Wildman–Crippen LogP) is -2.09. The van der Waals surface area contributed by atoms with Crippen LogP contribution in [0.15, 0.2) is 0 Å². The van der Waals surface area contributed by atoms with Crippen molar-refractivity contribution in [1.82, 2.24) is 4.72 Å². The van der Waals surface area contributed by atoms with Crippen molar-refractivity contribution in [2.24, 2.45) is 0 Å². The highest BCUT2D eigenvalue weighted by Crippen LogP contribution is 2.02. The van der Waals surface area contributed by atoms with Gasteiger partial charge >= 0.3 is 11.9 Å². The lowest BCUT2D eigenvalue weighted by molar-refractivity contribution is -0.141. The molecule has 0 fully saturated rings. The lowest BCUT2D eigenvalue weighted by atomic mass is 10.3. The highest BCUT2D eigenvalue weighted by atomic mass is 32.2. The molecule has 9 heteroatoms. The molecule has 0 aromatic carbocycles. The van der Waals surface area contributed by atoms with Gasteiger partial charge in [-0.25, -0.2) is 8.42 Å². The number of nitrogens with one attached hydrogen (secondary N) is 1. The molecule has 0 bridgehead atoms. The van der Waals surface area contributed by atoms with E-state index in [1.165, 1.54) is 0 Å². The Morgan fingerprint density at radius 2 is 1.94 bits per heavy atom. The number of carbonyl (C=O) groups excluding carboxylic acids is 1. The number of aliphatic hydroxyl groups excluding tert-OH is 1. The third-order valence-corrected chi connectivity index (χ3v) is 3.52. The van der Waals surface area contributed by atoms with Crippen LogP contribution in [0.1, 0.15) is 6.92 Å². The van der Waals surface area contributed by atoms with Crippen molar-refractivity contribution in [3.05, 3.63) is 0 Å². The second-order valence-electron chi connectivity index (χ2n) is 2.90. The standard InChI is InChI=1S/C7H13NO7S/c1-4(7(12)15-2)16(13,14)8-5(3-9)6(10)11/h4-5,8-9H,3H2,1-2H3,(H,10,11). The Morgan fingerprint density at radius 1 is 1.44 bits per heavy atom. The first-order chi connectivity index (χ1) is 7.26. The van der Waals surface area contributed by atoms with E-state index in [1.54, 1.807) is 4.72 Å². The van der Waals surface area contributed by atoms with Crippen LogP contribution in [0, 0.1) is 0 Å². The summed E-state index contributed by atoms with van der Waals surface area (Å²) in [5.74, 6) is -2.56. The zero-order chi connectivity index (χ0) is 12.9. The maximum atomic E-state index is 11.4. The number of rotatable bonds is 6. The molecule has 94 valence electrons. The number of aliphatic hydroxyl groups is 1. The normalized spacial score (nSPS) is 15.2. The van der Waals surface area contributed by atoms with E-state index in [2.05, 4.69) is 4.74 Å². The second kappa shape index (κ2) is 5.77. The highest BCUT2D eigenvalue weighted by molar-refractivity contribution is 7.90. The number of carbonyl (C=O) groups is 2. The van der Waals surface area contributed by atoms with E-state index >= 15 is 0 Å². The van der Waals surface area contributed by atoms with Crippen molar-refractivity contribution in [3.8, 4) is 0 Å². The van der Waals surface area contributed by atoms with E-state index in [0.717, 1.165) is 14.0 Å². The number of carboxylic acid groups (broad SMARTS) is 1. The molecule has 0 aromatic rings. The molecular formula is C7H13NO7S. The number of hydrogen-bond acceptors (Lipinski definition) is 6. The fourth-order valence-corrected chi connectivity index (χ4v) is 1.88. The topological polar surface area (TPSA) is 130 Å². The second-order valence-corrected chi connectivity index (χ2v) is 4.93. The Morgan fingerprint density at radius 3 is 2.25 bits per heavy atom. The average molecular weight is 255 g/mol. The van der Waals surface area contributed by atoms with Crippen LogP contribution < -0.4 is 4.72 Å². The molecule has 0 spiro atoms. The van der Waals surface area contributed by atoms with E-state index in [4.69, 9.17) is 10.2 Å². The Balaban J connectivity index is 4.81. The summed E-state index contributed by atoms with van der Waals surface area (Å²) in [4.78, 5) is 21.4. The van der Waals surface area contributed by atoms with Crippen LogP contribution in [-0.2, 0) is 24.3 Å². The van der Waals surface area contributed by atoms with Gasteiger partial charge in [0, 0.05) is 0 Å². The van der Waals surface area contributed by atoms with E-state index in [-0.39, 0.29) is 0 Å². The van der Waals surface area contributed by atoms with Gasteiger partial charge in [-0.3, -0.25) is 9.59 Å². The number of aliphatic carboxylic acids is 1. The minimum Gasteiger partial charge on any atom is -0.480 e. The molecule has 3 N–H and O–H groups in total. The van der Waals surface area contributed by atoms with Gasteiger partial charge in [0.15, 0.2) is 5.25 Å². The molecule has 0 amide bonds. The van der Waals surface area contributed by atoms with Gasteiger partial charge in [0.25, 0.3) is 0 Å². The van der Waals surface area contributed by atoms with Crippen molar-refractivity contribution in [2.45, 2.75) is 18.2 Å². The van der Waals surface area contributed by atoms with E-state index < -0.39 is 39.9 Å². The number of methoxy groups -OCH3 is 1. The van der Waals surface area contributed by atoms with Gasteiger partial charge in [-0.15, -0.1) is 0 Å². The fourth-order valence-electron chi connectivity index (χ4n) is 0.759. The van der Waals surface area contributed by atoms with Gasteiger partial charge in [-0.1, -0.05) is 0 Å². The molecule has 0 saturated carbocycles. The zero-order valence-electron chi connectivity index (χ0n) is 8.71. The molecule has 16 heavy (non-hydrogen) atoms. The summed E-state index contributed by atoms with van der Waals surface area (Å²) < 4.78 is 28.7. The number of ether oxygens (including phenoxy) is 1. The summed E-state index contributed by atoms with van der Waals surface area (Å²) in [7, 11) is -3.18. The maximum absolute atomic E-state index is 11.4. The number of hydrogen-bond donors (Lipinski definition) is 3. The summed E-state index contributed by atoms with van der Waals surface area (Å²) in [5, 5.41) is 15.6. The van der Waals surface area contributed by atoms with Crippen molar-refractivity contribution < 1.29 is 33.0 Å². The summed E-state index contributed by atoms with van der Waals surface area (Å²) in [6, 6.07) is -1.68. The average Bonchev–Trinajstić information content (AvgIpc) is 2.23. The first-order valence-corrected chi connectivity index (χ1v) is 5.73. The molecule has 0 heterocycles. The predicted molar refractivity (Wildman–Crippen MR) is 52.0 cm³/mol. The van der Waals surface area contributed by atoms with Gasteiger partial charge in [0.05, 0.1) is 13.7 Å². The van der Waals surface area contributed by atoms with Gasteiger partial charge in [0.2, 0.25) is 10.0 Å². The van der Waals surface area contributed by atoms with E-state index in [0.29, 0.717) is 0 Å². The summed E-state index contributed by atoms with van der Waals surface area (Å²) in [5.41, 5.74) is 0. The number of esters is 1. The van der Waals surface area contributed by atoms with Gasteiger partial charge in [0.1, 0.15) is 6.04 Å². The SMILES string of the molecule is COC(=O)C(C)S(=O)(=O)NC(CO)C(=O)O. The molecular weight excluding hydrogens is 242 g/mol. The molecule has 2 unspecified atom stereocenters. The van der Waals surface area contributed by atoms with Crippen LogP contribution >= 0.6 is 0 Å². The molecule has 0 saturated heterocycles.